The predicted molar refractivity (Wildman–Crippen MR) is 66.6 cm³/mol. The molecule has 0 radical (unpaired) electrons. The first-order valence-corrected chi connectivity index (χ1v) is 5.53. The molecule has 18 heavy (non-hydrogen) atoms. The SMILES string of the molecule is CCc1cc(=O)c2c(O)c(OC)c(OC)cc2o1. The van der Waals surface area contributed by atoms with Crippen LogP contribution in [0.5, 0.6) is 17.2 Å². The van der Waals surface area contributed by atoms with Crippen molar-refractivity contribution in [3.8, 4) is 17.2 Å². The monoisotopic (exact) mass is 250 g/mol. The molecule has 5 nitrogen and oxygen atoms in total. The number of ether oxygens (including phenoxy) is 2. The van der Waals surface area contributed by atoms with E-state index in [9.17, 15) is 9.90 Å². The maximum atomic E-state index is 11.9. The van der Waals surface area contributed by atoms with Crippen LogP contribution in [0, 0.1) is 0 Å². The minimum atomic E-state index is -0.299. The van der Waals surface area contributed by atoms with Crippen molar-refractivity contribution in [3.63, 3.8) is 0 Å². The smallest absolute Gasteiger partial charge is 0.204 e. The van der Waals surface area contributed by atoms with Crippen molar-refractivity contribution in [1.29, 1.82) is 0 Å². The minimum absolute atomic E-state index is 0.102. The molecule has 2 rings (SSSR count). The van der Waals surface area contributed by atoms with E-state index in [-0.39, 0.29) is 27.9 Å². The zero-order valence-corrected chi connectivity index (χ0v) is 10.4. The second-order valence-corrected chi connectivity index (χ2v) is 3.76. The van der Waals surface area contributed by atoms with Crippen LogP contribution in [0.25, 0.3) is 11.0 Å². The van der Waals surface area contributed by atoms with Crippen molar-refractivity contribution in [2.24, 2.45) is 0 Å². The van der Waals surface area contributed by atoms with Crippen molar-refractivity contribution >= 4 is 11.0 Å². The Morgan fingerprint density at radius 2 is 2.00 bits per heavy atom. The lowest BCUT2D eigenvalue weighted by Crippen LogP contribution is -2.03. The van der Waals surface area contributed by atoms with Crippen molar-refractivity contribution in [2.45, 2.75) is 13.3 Å². The van der Waals surface area contributed by atoms with Gasteiger partial charge < -0.3 is 19.0 Å². The summed E-state index contributed by atoms with van der Waals surface area (Å²) in [5, 5.41) is 10.1. The van der Waals surface area contributed by atoms with Crippen molar-refractivity contribution < 1.29 is 19.0 Å². The number of phenolic OH excluding ortho intramolecular Hbond substituents is 1. The maximum Gasteiger partial charge on any atom is 0.204 e. The highest BCUT2D eigenvalue weighted by atomic mass is 16.5. The van der Waals surface area contributed by atoms with E-state index in [0.29, 0.717) is 17.9 Å². The standard InChI is InChI=1S/C13H14O5/c1-4-7-5-8(14)11-9(18-7)6-10(16-2)13(17-3)12(11)15/h5-6,15H,4H2,1-3H3. The third-order valence-corrected chi connectivity index (χ3v) is 2.74. The Bertz CT molecular complexity index is 642. The molecule has 1 aromatic carbocycles. The quantitative estimate of drug-likeness (QED) is 0.903. The highest BCUT2D eigenvalue weighted by molar-refractivity contribution is 5.88. The van der Waals surface area contributed by atoms with E-state index < -0.39 is 0 Å². The topological polar surface area (TPSA) is 68.9 Å². The second kappa shape index (κ2) is 4.60. The van der Waals surface area contributed by atoms with Gasteiger partial charge in [-0.25, -0.2) is 0 Å². The molecule has 1 N–H and O–H groups in total. The van der Waals surface area contributed by atoms with Gasteiger partial charge in [-0.15, -0.1) is 0 Å². The van der Waals surface area contributed by atoms with Crippen LogP contribution in [0.15, 0.2) is 21.3 Å². The zero-order valence-electron chi connectivity index (χ0n) is 10.4. The van der Waals surface area contributed by atoms with Gasteiger partial charge in [0.2, 0.25) is 5.75 Å². The average Bonchev–Trinajstić information content (AvgIpc) is 2.37. The molecule has 0 fully saturated rings. The molecule has 0 atom stereocenters. The number of phenols is 1. The molecule has 0 aliphatic heterocycles. The summed E-state index contributed by atoms with van der Waals surface area (Å²) in [4.78, 5) is 11.9. The van der Waals surface area contributed by atoms with E-state index in [1.807, 2.05) is 6.92 Å². The average molecular weight is 250 g/mol. The zero-order chi connectivity index (χ0) is 13.3. The third-order valence-electron chi connectivity index (χ3n) is 2.74. The number of hydrogen-bond acceptors (Lipinski definition) is 5. The molecule has 1 heterocycles. The second-order valence-electron chi connectivity index (χ2n) is 3.76. The number of aryl methyl sites for hydroxylation is 1. The molecule has 0 unspecified atom stereocenters. The van der Waals surface area contributed by atoms with Gasteiger partial charge in [-0.1, -0.05) is 6.92 Å². The van der Waals surface area contributed by atoms with Gasteiger partial charge in [-0.2, -0.15) is 0 Å². The van der Waals surface area contributed by atoms with Crippen LogP contribution in [0.2, 0.25) is 0 Å². The Morgan fingerprint density at radius 3 is 2.56 bits per heavy atom. The fraction of sp³-hybridized carbons (Fsp3) is 0.308. The molecule has 0 aliphatic rings. The van der Waals surface area contributed by atoms with E-state index in [2.05, 4.69) is 0 Å². The summed E-state index contributed by atoms with van der Waals surface area (Å²) < 4.78 is 15.6. The van der Waals surface area contributed by atoms with E-state index >= 15 is 0 Å². The Balaban J connectivity index is 2.90. The fourth-order valence-corrected chi connectivity index (χ4v) is 1.83. The first-order valence-electron chi connectivity index (χ1n) is 5.53. The number of aromatic hydroxyl groups is 1. The van der Waals surface area contributed by atoms with Gasteiger partial charge in [-0.05, 0) is 0 Å². The van der Waals surface area contributed by atoms with Gasteiger partial charge in [0, 0.05) is 18.6 Å². The Morgan fingerprint density at radius 1 is 1.28 bits per heavy atom. The van der Waals surface area contributed by atoms with Gasteiger partial charge in [0.25, 0.3) is 0 Å². The Kier molecular flexibility index (Phi) is 3.14. The molecule has 0 bridgehead atoms. The normalized spacial score (nSPS) is 10.6. The van der Waals surface area contributed by atoms with E-state index in [1.54, 1.807) is 0 Å². The van der Waals surface area contributed by atoms with Crippen molar-refractivity contribution in [2.75, 3.05) is 14.2 Å². The molecule has 0 amide bonds. The Labute approximate surface area is 104 Å². The lowest BCUT2D eigenvalue weighted by Gasteiger charge is -2.11. The molecule has 2 aromatic rings. The molecule has 0 spiro atoms. The maximum absolute atomic E-state index is 11.9. The van der Waals surface area contributed by atoms with Crippen molar-refractivity contribution in [3.05, 3.63) is 28.1 Å². The van der Waals surface area contributed by atoms with Gasteiger partial charge >= 0.3 is 0 Å². The number of hydrogen-bond donors (Lipinski definition) is 1. The summed E-state index contributed by atoms with van der Waals surface area (Å²) >= 11 is 0. The largest absolute Gasteiger partial charge is 0.504 e. The first-order chi connectivity index (χ1) is 8.62. The summed E-state index contributed by atoms with van der Waals surface area (Å²) in [5.41, 5.74) is -0.0129. The van der Waals surface area contributed by atoms with Crippen LogP contribution in [0.3, 0.4) is 0 Å². The Hall–Kier alpha value is -2.17. The van der Waals surface area contributed by atoms with E-state index in [1.165, 1.54) is 26.4 Å². The number of rotatable bonds is 3. The highest BCUT2D eigenvalue weighted by Gasteiger charge is 2.18. The molecule has 0 saturated carbocycles. The highest BCUT2D eigenvalue weighted by Crippen LogP contribution is 2.41. The van der Waals surface area contributed by atoms with E-state index in [0.717, 1.165) is 0 Å². The molecule has 96 valence electrons. The lowest BCUT2D eigenvalue weighted by molar-refractivity contribution is 0.334. The van der Waals surface area contributed by atoms with Gasteiger partial charge in [0.1, 0.15) is 16.7 Å². The minimum Gasteiger partial charge on any atom is -0.504 e. The van der Waals surface area contributed by atoms with Gasteiger partial charge in [-0.3, -0.25) is 4.79 Å². The van der Waals surface area contributed by atoms with Crippen LogP contribution in [0.1, 0.15) is 12.7 Å². The lowest BCUT2D eigenvalue weighted by atomic mass is 10.1. The summed E-state index contributed by atoms with van der Waals surface area (Å²) in [6, 6.07) is 2.91. The molecule has 5 heteroatoms. The molecule has 0 aliphatic carbocycles. The number of fused-ring (bicyclic) bond motifs is 1. The molecule has 1 aromatic heterocycles. The van der Waals surface area contributed by atoms with Crippen LogP contribution in [0.4, 0.5) is 0 Å². The van der Waals surface area contributed by atoms with Gasteiger partial charge in [0.15, 0.2) is 16.9 Å². The molecule has 0 saturated heterocycles. The van der Waals surface area contributed by atoms with Crippen LogP contribution in [-0.2, 0) is 6.42 Å². The predicted octanol–water partition coefficient (Wildman–Crippen LogP) is 2.08. The summed E-state index contributed by atoms with van der Waals surface area (Å²) in [6.45, 7) is 1.88. The van der Waals surface area contributed by atoms with Crippen LogP contribution in [-0.4, -0.2) is 19.3 Å². The summed E-state index contributed by atoms with van der Waals surface area (Å²) in [6.07, 6.45) is 0.598. The first kappa shape index (κ1) is 12.3. The van der Waals surface area contributed by atoms with E-state index in [4.69, 9.17) is 13.9 Å². The molecular formula is C13H14O5. The fourth-order valence-electron chi connectivity index (χ4n) is 1.83. The summed E-state index contributed by atoms with van der Waals surface area (Å²) in [5.74, 6) is 0.739. The van der Waals surface area contributed by atoms with Crippen molar-refractivity contribution in [1.82, 2.24) is 0 Å². The van der Waals surface area contributed by atoms with Crippen LogP contribution >= 0.6 is 0 Å². The van der Waals surface area contributed by atoms with Crippen LogP contribution < -0.4 is 14.9 Å². The number of benzene rings is 1. The number of methoxy groups -OCH3 is 2. The van der Waals surface area contributed by atoms with Gasteiger partial charge in [0.05, 0.1) is 14.2 Å². The summed E-state index contributed by atoms with van der Waals surface area (Å²) in [7, 11) is 2.84. The molecular weight excluding hydrogens is 236 g/mol. The third kappa shape index (κ3) is 1.77.